The van der Waals surface area contributed by atoms with Gasteiger partial charge in [0.1, 0.15) is 0 Å². The summed E-state index contributed by atoms with van der Waals surface area (Å²) in [5.41, 5.74) is 0. The Morgan fingerprint density at radius 3 is 1.00 bits per heavy atom. The van der Waals surface area contributed by atoms with Gasteiger partial charge in [-0.05, 0) is 6.42 Å². The SMILES string of the molecule is CCCCCCCCCCCCCOCCOCCOCCOCCOCCOCCOCCC(=O)O. The molecule has 0 fully saturated rings. The van der Waals surface area contributed by atoms with Crippen molar-refractivity contribution in [3.05, 3.63) is 0 Å². The van der Waals surface area contributed by atoms with Crippen molar-refractivity contribution in [1.29, 1.82) is 0 Å². The van der Waals surface area contributed by atoms with Gasteiger partial charge in [-0.3, -0.25) is 4.79 Å². The van der Waals surface area contributed by atoms with E-state index in [-0.39, 0.29) is 13.0 Å². The summed E-state index contributed by atoms with van der Waals surface area (Å²) in [7, 11) is 0. The monoisotopic (exact) mass is 536 g/mol. The molecule has 0 saturated heterocycles. The van der Waals surface area contributed by atoms with Gasteiger partial charge in [0.25, 0.3) is 0 Å². The highest BCUT2D eigenvalue weighted by Crippen LogP contribution is 2.11. The predicted molar refractivity (Wildman–Crippen MR) is 144 cm³/mol. The molecule has 0 unspecified atom stereocenters. The Balaban J connectivity index is 3.02. The maximum Gasteiger partial charge on any atom is 0.305 e. The van der Waals surface area contributed by atoms with Crippen LogP contribution in [0.2, 0.25) is 0 Å². The first-order valence-corrected chi connectivity index (χ1v) is 14.5. The van der Waals surface area contributed by atoms with Crippen LogP contribution in [-0.2, 0) is 38.0 Å². The predicted octanol–water partition coefficient (Wildman–Crippen LogP) is 4.89. The lowest BCUT2D eigenvalue weighted by atomic mass is 10.1. The summed E-state index contributed by atoms with van der Waals surface area (Å²) in [5, 5.41) is 8.47. The third-order valence-corrected chi connectivity index (χ3v) is 5.58. The van der Waals surface area contributed by atoms with E-state index in [1.54, 1.807) is 0 Å². The van der Waals surface area contributed by atoms with Crippen LogP contribution in [-0.4, -0.2) is 104 Å². The number of carbonyl (C=O) groups is 1. The maximum absolute atomic E-state index is 10.3. The number of ether oxygens (including phenoxy) is 7. The highest BCUT2D eigenvalue weighted by Gasteiger charge is 1.97. The molecule has 0 amide bonds. The first kappa shape index (κ1) is 36.2. The Kier molecular flexibility index (Phi) is 32.5. The second-order valence-corrected chi connectivity index (χ2v) is 8.97. The summed E-state index contributed by atoms with van der Waals surface area (Å²) in [6.07, 6.45) is 14.9. The maximum atomic E-state index is 10.3. The molecule has 0 aromatic carbocycles. The summed E-state index contributed by atoms with van der Waals surface area (Å²) in [6, 6.07) is 0. The van der Waals surface area contributed by atoms with Crippen LogP contribution in [0.4, 0.5) is 0 Å². The van der Waals surface area contributed by atoms with Crippen LogP contribution in [0.15, 0.2) is 0 Å². The molecule has 9 heteroatoms. The Labute approximate surface area is 225 Å². The van der Waals surface area contributed by atoms with Crippen LogP contribution in [0.25, 0.3) is 0 Å². The Morgan fingerprint density at radius 2 is 0.676 bits per heavy atom. The minimum Gasteiger partial charge on any atom is -0.481 e. The van der Waals surface area contributed by atoms with E-state index >= 15 is 0 Å². The molecular weight excluding hydrogens is 480 g/mol. The lowest BCUT2D eigenvalue weighted by molar-refractivity contribution is -0.138. The Bertz CT molecular complexity index is 438. The lowest BCUT2D eigenvalue weighted by Gasteiger charge is -2.08. The van der Waals surface area contributed by atoms with Gasteiger partial charge in [-0.25, -0.2) is 0 Å². The third kappa shape index (κ3) is 35.2. The first-order chi connectivity index (χ1) is 18.3. The van der Waals surface area contributed by atoms with E-state index in [1.807, 2.05) is 0 Å². The van der Waals surface area contributed by atoms with Crippen LogP contribution in [0.1, 0.15) is 84.0 Å². The van der Waals surface area contributed by atoms with E-state index in [4.69, 9.17) is 38.3 Å². The molecule has 0 radical (unpaired) electrons. The van der Waals surface area contributed by atoms with Crippen molar-refractivity contribution in [2.24, 2.45) is 0 Å². The molecule has 0 aliphatic carbocycles. The summed E-state index contributed by atoms with van der Waals surface area (Å²) in [6.45, 7) is 9.49. The zero-order chi connectivity index (χ0) is 26.9. The molecule has 0 saturated carbocycles. The minimum absolute atomic E-state index is 0.0108. The Morgan fingerprint density at radius 1 is 0.405 bits per heavy atom. The smallest absolute Gasteiger partial charge is 0.305 e. The van der Waals surface area contributed by atoms with Crippen LogP contribution in [0.3, 0.4) is 0 Å². The number of carboxylic acids is 1. The highest BCUT2D eigenvalue weighted by atomic mass is 16.6. The molecule has 0 heterocycles. The van der Waals surface area contributed by atoms with E-state index in [9.17, 15) is 4.79 Å². The molecule has 0 aliphatic heterocycles. The van der Waals surface area contributed by atoms with Gasteiger partial charge in [-0.1, -0.05) is 71.1 Å². The fourth-order valence-electron chi connectivity index (χ4n) is 3.45. The molecule has 0 aromatic heterocycles. The third-order valence-electron chi connectivity index (χ3n) is 5.58. The van der Waals surface area contributed by atoms with E-state index in [2.05, 4.69) is 6.92 Å². The normalized spacial score (nSPS) is 11.4. The van der Waals surface area contributed by atoms with Crippen molar-refractivity contribution < 1.29 is 43.1 Å². The van der Waals surface area contributed by atoms with Gasteiger partial charge in [-0.2, -0.15) is 0 Å². The van der Waals surface area contributed by atoms with Crippen LogP contribution < -0.4 is 0 Å². The quantitative estimate of drug-likeness (QED) is 0.117. The van der Waals surface area contributed by atoms with E-state index in [0.29, 0.717) is 79.3 Å². The van der Waals surface area contributed by atoms with Gasteiger partial charge < -0.3 is 38.3 Å². The van der Waals surface area contributed by atoms with Gasteiger partial charge in [0.05, 0.1) is 92.3 Å². The summed E-state index contributed by atoms with van der Waals surface area (Å²) >= 11 is 0. The van der Waals surface area contributed by atoms with Crippen molar-refractivity contribution in [1.82, 2.24) is 0 Å². The van der Waals surface area contributed by atoms with Crippen molar-refractivity contribution >= 4 is 5.97 Å². The number of aliphatic carboxylic acids is 1. The topological polar surface area (TPSA) is 102 Å². The first-order valence-electron chi connectivity index (χ1n) is 14.5. The molecule has 222 valence electrons. The zero-order valence-electron chi connectivity index (χ0n) is 23.6. The van der Waals surface area contributed by atoms with Crippen molar-refractivity contribution in [3.63, 3.8) is 0 Å². The molecule has 0 aliphatic rings. The molecule has 9 nitrogen and oxygen atoms in total. The second kappa shape index (κ2) is 33.2. The molecule has 1 N–H and O–H groups in total. The van der Waals surface area contributed by atoms with Crippen LogP contribution in [0, 0.1) is 0 Å². The van der Waals surface area contributed by atoms with Crippen molar-refractivity contribution in [3.8, 4) is 0 Å². The summed E-state index contributed by atoms with van der Waals surface area (Å²) in [5.74, 6) is -0.863. The van der Waals surface area contributed by atoms with Crippen molar-refractivity contribution in [2.75, 3.05) is 92.5 Å². The number of hydrogen-bond acceptors (Lipinski definition) is 8. The standard InChI is InChI=1S/C28H56O9/c1-2-3-4-5-6-7-8-9-10-11-12-14-31-16-18-33-20-22-35-24-26-37-27-25-36-23-21-34-19-17-32-15-13-28(29)30/h2-27H2,1H3,(H,29,30). The Hall–Kier alpha value is -0.810. The summed E-state index contributed by atoms with van der Waals surface area (Å²) in [4.78, 5) is 10.3. The number of rotatable bonds is 33. The molecule has 0 atom stereocenters. The van der Waals surface area contributed by atoms with Crippen LogP contribution >= 0.6 is 0 Å². The average molecular weight is 537 g/mol. The largest absolute Gasteiger partial charge is 0.481 e. The second-order valence-electron chi connectivity index (χ2n) is 8.97. The van der Waals surface area contributed by atoms with Crippen LogP contribution in [0.5, 0.6) is 0 Å². The van der Waals surface area contributed by atoms with Gasteiger partial charge >= 0.3 is 5.97 Å². The number of unbranched alkanes of at least 4 members (excludes halogenated alkanes) is 10. The number of carboxylic acid groups (broad SMARTS) is 1. The van der Waals surface area contributed by atoms with Gasteiger partial charge in [0.15, 0.2) is 0 Å². The van der Waals surface area contributed by atoms with Crippen molar-refractivity contribution in [2.45, 2.75) is 84.0 Å². The molecule has 37 heavy (non-hydrogen) atoms. The fourth-order valence-corrected chi connectivity index (χ4v) is 3.45. The number of hydrogen-bond donors (Lipinski definition) is 1. The van der Waals surface area contributed by atoms with E-state index in [1.165, 1.54) is 64.2 Å². The molecular formula is C28H56O9. The molecule has 0 spiro atoms. The average Bonchev–Trinajstić information content (AvgIpc) is 2.89. The molecule has 0 rings (SSSR count). The van der Waals surface area contributed by atoms with Gasteiger partial charge in [0, 0.05) is 6.61 Å². The van der Waals surface area contributed by atoms with Gasteiger partial charge in [-0.15, -0.1) is 0 Å². The summed E-state index contributed by atoms with van der Waals surface area (Å²) < 4.78 is 37.9. The fraction of sp³-hybridized carbons (Fsp3) is 0.964. The molecule has 0 aromatic rings. The van der Waals surface area contributed by atoms with E-state index in [0.717, 1.165) is 13.0 Å². The van der Waals surface area contributed by atoms with Gasteiger partial charge in [0.2, 0.25) is 0 Å². The molecule has 0 bridgehead atoms. The zero-order valence-corrected chi connectivity index (χ0v) is 23.6. The van der Waals surface area contributed by atoms with E-state index < -0.39 is 5.97 Å². The minimum atomic E-state index is -0.863. The lowest BCUT2D eigenvalue weighted by Crippen LogP contribution is -2.14. The highest BCUT2D eigenvalue weighted by molar-refractivity contribution is 5.66.